The normalized spacial score (nSPS) is 17.8. The lowest BCUT2D eigenvalue weighted by Crippen LogP contribution is -2.43. The molecule has 21 heavy (non-hydrogen) atoms. The van der Waals surface area contributed by atoms with Crippen LogP contribution >= 0.6 is 0 Å². The fraction of sp³-hybridized carbons (Fsp3) is 0.471. The highest BCUT2D eigenvalue weighted by Crippen LogP contribution is 2.14. The van der Waals surface area contributed by atoms with Crippen molar-refractivity contribution in [2.75, 3.05) is 19.6 Å². The summed E-state index contributed by atoms with van der Waals surface area (Å²) in [6.07, 6.45) is 5.80. The van der Waals surface area contributed by atoms with Crippen LogP contribution < -0.4 is 5.32 Å². The molecule has 1 saturated heterocycles. The number of carbonyl (C=O) groups excluding carboxylic acids is 1. The van der Waals surface area contributed by atoms with E-state index in [1.54, 1.807) is 0 Å². The zero-order chi connectivity index (χ0) is 14.7. The Balaban J connectivity index is 1.59. The van der Waals surface area contributed by atoms with Gasteiger partial charge in [0, 0.05) is 35.2 Å². The number of likely N-dealkylation sites (tertiary alicyclic amines) is 1. The first kappa shape index (κ1) is 14.1. The van der Waals surface area contributed by atoms with Crippen molar-refractivity contribution in [2.24, 2.45) is 0 Å². The van der Waals surface area contributed by atoms with Crippen LogP contribution in [0.15, 0.2) is 30.5 Å². The number of aromatic nitrogens is 1. The van der Waals surface area contributed by atoms with Gasteiger partial charge in [0.1, 0.15) is 0 Å². The predicted octanol–water partition coefficient (Wildman–Crippen LogP) is 2.77. The molecule has 0 saturated carbocycles. The highest BCUT2D eigenvalue weighted by atomic mass is 16.1. The van der Waals surface area contributed by atoms with Gasteiger partial charge in [-0.3, -0.25) is 4.79 Å². The molecular weight excluding hydrogens is 262 g/mol. The molecular formula is C17H23N3O. The molecule has 0 aliphatic carbocycles. The molecule has 1 aromatic carbocycles. The van der Waals surface area contributed by atoms with E-state index in [0.717, 1.165) is 36.1 Å². The van der Waals surface area contributed by atoms with Crippen LogP contribution in [0.4, 0.5) is 0 Å². The summed E-state index contributed by atoms with van der Waals surface area (Å²) in [4.78, 5) is 17.9. The summed E-state index contributed by atoms with van der Waals surface area (Å²) >= 11 is 0. The third-order valence-corrected chi connectivity index (χ3v) is 4.17. The van der Waals surface area contributed by atoms with Crippen LogP contribution in [0.5, 0.6) is 0 Å². The first-order chi connectivity index (χ1) is 10.2. The SMILES string of the molecule is CC(CN1CCCCC1)NC(=O)c1ccc2[nH]ccc2c1. The van der Waals surface area contributed by atoms with Crippen molar-refractivity contribution in [1.82, 2.24) is 15.2 Å². The minimum atomic E-state index is 0.0163. The fourth-order valence-corrected chi connectivity index (χ4v) is 3.08. The largest absolute Gasteiger partial charge is 0.361 e. The first-order valence-corrected chi connectivity index (χ1v) is 7.83. The van der Waals surface area contributed by atoms with Gasteiger partial charge in [0.25, 0.3) is 5.91 Å². The number of amides is 1. The molecule has 1 atom stereocenters. The van der Waals surface area contributed by atoms with Crippen molar-refractivity contribution >= 4 is 16.8 Å². The van der Waals surface area contributed by atoms with Gasteiger partial charge in [0.05, 0.1) is 0 Å². The molecule has 2 heterocycles. The lowest BCUT2D eigenvalue weighted by Gasteiger charge is -2.29. The summed E-state index contributed by atoms with van der Waals surface area (Å²) in [5.41, 5.74) is 1.79. The van der Waals surface area contributed by atoms with Crippen LogP contribution in [0, 0.1) is 0 Å². The van der Waals surface area contributed by atoms with Gasteiger partial charge in [0.15, 0.2) is 0 Å². The van der Waals surface area contributed by atoms with Gasteiger partial charge < -0.3 is 15.2 Å². The molecule has 1 aromatic heterocycles. The number of fused-ring (bicyclic) bond motifs is 1. The monoisotopic (exact) mass is 285 g/mol. The summed E-state index contributed by atoms with van der Waals surface area (Å²) in [5.74, 6) is 0.0163. The highest BCUT2D eigenvalue weighted by Gasteiger charge is 2.15. The third kappa shape index (κ3) is 3.45. The molecule has 1 aliphatic heterocycles. The Morgan fingerprint density at radius 1 is 1.29 bits per heavy atom. The molecule has 112 valence electrons. The van der Waals surface area contributed by atoms with E-state index in [-0.39, 0.29) is 11.9 Å². The molecule has 1 amide bonds. The van der Waals surface area contributed by atoms with Gasteiger partial charge in [-0.2, -0.15) is 0 Å². The molecule has 2 N–H and O–H groups in total. The van der Waals surface area contributed by atoms with Crippen LogP contribution in [0.3, 0.4) is 0 Å². The van der Waals surface area contributed by atoms with Crippen molar-refractivity contribution in [2.45, 2.75) is 32.2 Å². The second-order valence-electron chi connectivity index (χ2n) is 6.02. The van der Waals surface area contributed by atoms with Gasteiger partial charge >= 0.3 is 0 Å². The van der Waals surface area contributed by atoms with E-state index in [1.807, 2.05) is 30.5 Å². The van der Waals surface area contributed by atoms with Gasteiger partial charge in [-0.05, 0) is 57.1 Å². The molecule has 4 nitrogen and oxygen atoms in total. The van der Waals surface area contributed by atoms with E-state index in [0.29, 0.717) is 0 Å². The van der Waals surface area contributed by atoms with Crippen LogP contribution in [0.1, 0.15) is 36.5 Å². The maximum Gasteiger partial charge on any atom is 0.251 e. The van der Waals surface area contributed by atoms with Crippen LogP contribution in [-0.2, 0) is 0 Å². The smallest absolute Gasteiger partial charge is 0.251 e. The Morgan fingerprint density at radius 2 is 2.10 bits per heavy atom. The number of rotatable bonds is 4. The Kier molecular flexibility index (Phi) is 4.25. The molecule has 0 radical (unpaired) electrons. The van der Waals surface area contributed by atoms with E-state index in [9.17, 15) is 4.79 Å². The second-order valence-corrected chi connectivity index (χ2v) is 6.02. The van der Waals surface area contributed by atoms with Crippen molar-refractivity contribution in [3.05, 3.63) is 36.0 Å². The van der Waals surface area contributed by atoms with E-state index in [1.165, 1.54) is 19.3 Å². The number of hydrogen-bond acceptors (Lipinski definition) is 2. The van der Waals surface area contributed by atoms with E-state index in [2.05, 4.69) is 22.1 Å². The maximum atomic E-state index is 12.3. The molecule has 1 fully saturated rings. The number of nitrogens with one attached hydrogen (secondary N) is 2. The molecule has 0 spiro atoms. The predicted molar refractivity (Wildman–Crippen MR) is 85.5 cm³/mol. The van der Waals surface area contributed by atoms with Gasteiger partial charge in [0.2, 0.25) is 0 Å². The van der Waals surface area contributed by atoms with Gasteiger partial charge in [-0.1, -0.05) is 6.42 Å². The van der Waals surface area contributed by atoms with Crippen molar-refractivity contribution in [3.8, 4) is 0 Å². The molecule has 1 unspecified atom stereocenters. The quantitative estimate of drug-likeness (QED) is 0.907. The number of benzene rings is 1. The summed E-state index contributed by atoms with van der Waals surface area (Å²) in [6, 6.07) is 7.94. The van der Waals surface area contributed by atoms with Crippen molar-refractivity contribution in [1.29, 1.82) is 0 Å². The van der Waals surface area contributed by atoms with Crippen LogP contribution in [0.2, 0.25) is 0 Å². The van der Waals surface area contributed by atoms with E-state index < -0.39 is 0 Å². The Morgan fingerprint density at radius 3 is 2.90 bits per heavy atom. The molecule has 2 aromatic rings. The average Bonchev–Trinajstić information content (AvgIpc) is 2.95. The minimum Gasteiger partial charge on any atom is -0.361 e. The Bertz CT molecular complexity index is 613. The molecule has 4 heteroatoms. The zero-order valence-electron chi connectivity index (χ0n) is 12.6. The number of aromatic amines is 1. The zero-order valence-corrected chi connectivity index (χ0v) is 12.6. The molecule has 3 rings (SSSR count). The Labute approximate surface area is 125 Å². The lowest BCUT2D eigenvalue weighted by atomic mass is 10.1. The number of H-pyrrole nitrogens is 1. The molecule has 1 aliphatic rings. The number of carbonyl (C=O) groups is 1. The van der Waals surface area contributed by atoms with Gasteiger partial charge in [-0.25, -0.2) is 0 Å². The van der Waals surface area contributed by atoms with Crippen LogP contribution in [0.25, 0.3) is 10.9 Å². The number of nitrogens with zero attached hydrogens (tertiary/aromatic N) is 1. The first-order valence-electron chi connectivity index (χ1n) is 7.83. The fourth-order valence-electron chi connectivity index (χ4n) is 3.08. The summed E-state index contributed by atoms with van der Waals surface area (Å²) in [6.45, 7) is 5.35. The van der Waals surface area contributed by atoms with Crippen LogP contribution in [-0.4, -0.2) is 41.5 Å². The second kappa shape index (κ2) is 6.31. The van der Waals surface area contributed by atoms with E-state index in [4.69, 9.17) is 0 Å². The number of hydrogen-bond donors (Lipinski definition) is 2. The molecule has 0 bridgehead atoms. The van der Waals surface area contributed by atoms with Gasteiger partial charge in [-0.15, -0.1) is 0 Å². The minimum absolute atomic E-state index is 0.0163. The third-order valence-electron chi connectivity index (χ3n) is 4.17. The maximum absolute atomic E-state index is 12.3. The standard InChI is InChI=1S/C17H23N3O/c1-13(12-20-9-3-2-4-10-20)19-17(21)15-5-6-16-14(11-15)7-8-18-16/h5-8,11,13,18H,2-4,9-10,12H2,1H3,(H,19,21). The summed E-state index contributed by atoms with van der Waals surface area (Å²) in [5, 5.41) is 4.18. The average molecular weight is 285 g/mol. The Hall–Kier alpha value is -1.81. The summed E-state index contributed by atoms with van der Waals surface area (Å²) < 4.78 is 0. The lowest BCUT2D eigenvalue weighted by molar-refractivity contribution is 0.0926. The number of piperidine rings is 1. The van der Waals surface area contributed by atoms with Crippen molar-refractivity contribution < 1.29 is 4.79 Å². The summed E-state index contributed by atoms with van der Waals surface area (Å²) in [7, 11) is 0. The highest BCUT2D eigenvalue weighted by molar-refractivity contribution is 5.98. The van der Waals surface area contributed by atoms with Crippen molar-refractivity contribution in [3.63, 3.8) is 0 Å². The topological polar surface area (TPSA) is 48.1 Å². The van der Waals surface area contributed by atoms with E-state index >= 15 is 0 Å².